The van der Waals surface area contributed by atoms with E-state index in [1.165, 1.54) is 17.0 Å². The van der Waals surface area contributed by atoms with E-state index in [-0.39, 0.29) is 11.9 Å². The molecule has 24 heavy (non-hydrogen) atoms. The maximum absolute atomic E-state index is 13.2. The molecule has 0 bridgehead atoms. The molecule has 0 radical (unpaired) electrons. The molecule has 2 heterocycles. The SMILES string of the molecule is CCc1cc2c(NCC(c3ccc(F)cc3)N(C)C)ncnc2s1. The molecule has 6 heteroatoms. The Morgan fingerprint density at radius 2 is 1.96 bits per heavy atom. The normalized spacial score (nSPS) is 12.7. The molecular weight excluding hydrogens is 323 g/mol. The van der Waals surface area contributed by atoms with Crippen molar-refractivity contribution in [2.75, 3.05) is 26.0 Å². The predicted octanol–water partition coefficient (Wildman–Crippen LogP) is 4.11. The lowest BCUT2D eigenvalue weighted by Crippen LogP contribution is -2.27. The van der Waals surface area contributed by atoms with Crippen molar-refractivity contribution in [3.63, 3.8) is 0 Å². The fourth-order valence-corrected chi connectivity index (χ4v) is 3.63. The Bertz CT molecular complexity index is 814. The largest absolute Gasteiger partial charge is 0.368 e. The quantitative estimate of drug-likeness (QED) is 0.731. The summed E-state index contributed by atoms with van der Waals surface area (Å²) in [4.78, 5) is 13.2. The van der Waals surface area contributed by atoms with Gasteiger partial charge in [0.2, 0.25) is 0 Å². The van der Waals surface area contributed by atoms with Gasteiger partial charge in [-0.3, -0.25) is 0 Å². The van der Waals surface area contributed by atoms with Gasteiger partial charge in [0.15, 0.2) is 0 Å². The summed E-state index contributed by atoms with van der Waals surface area (Å²) in [5, 5.41) is 4.51. The van der Waals surface area contributed by atoms with Crippen LogP contribution in [-0.4, -0.2) is 35.5 Å². The molecular formula is C18H21FN4S. The zero-order chi connectivity index (χ0) is 17.1. The summed E-state index contributed by atoms with van der Waals surface area (Å²) in [6, 6.07) is 8.95. The predicted molar refractivity (Wildman–Crippen MR) is 98.1 cm³/mol. The smallest absolute Gasteiger partial charge is 0.138 e. The van der Waals surface area contributed by atoms with Gasteiger partial charge in [-0.1, -0.05) is 19.1 Å². The molecule has 0 saturated carbocycles. The summed E-state index contributed by atoms with van der Waals surface area (Å²) in [7, 11) is 4.04. The number of fused-ring (bicyclic) bond motifs is 1. The number of nitrogens with one attached hydrogen (secondary N) is 1. The van der Waals surface area contributed by atoms with E-state index in [2.05, 4.69) is 33.2 Å². The minimum Gasteiger partial charge on any atom is -0.368 e. The Hall–Kier alpha value is -2.05. The highest BCUT2D eigenvalue weighted by Crippen LogP contribution is 2.29. The van der Waals surface area contributed by atoms with E-state index in [0.29, 0.717) is 6.54 Å². The molecule has 4 nitrogen and oxygen atoms in total. The number of hydrogen-bond donors (Lipinski definition) is 1. The van der Waals surface area contributed by atoms with Crippen LogP contribution in [0.4, 0.5) is 10.2 Å². The summed E-state index contributed by atoms with van der Waals surface area (Å²) in [6.45, 7) is 2.82. The van der Waals surface area contributed by atoms with Gasteiger partial charge in [0.25, 0.3) is 0 Å². The first-order valence-corrected chi connectivity index (χ1v) is 8.79. The van der Waals surface area contributed by atoms with Crippen LogP contribution in [0.2, 0.25) is 0 Å². The van der Waals surface area contributed by atoms with Crippen molar-refractivity contribution in [3.05, 3.63) is 52.9 Å². The number of anilines is 1. The summed E-state index contributed by atoms with van der Waals surface area (Å²) in [5.41, 5.74) is 1.07. The molecule has 1 aromatic carbocycles. The van der Waals surface area contributed by atoms with Crippen molar-refractivity contribution in [3.8, 4) is 0 Å². The van der Waals surface area contributed by atoms with Crippen LogP contribution < -0.4 is 5.32 Å². The van der Waals surface area contributed by atoms with Crippen LogP contribution in [0.5, 0.6) is 0 Å². The number of aromatic nitrogens is 2. The van der Waals surface area contributed by atoms with Crippen LogP contribution in [0.25, 0.3) is 10.2 Å². The third kappa shape index (κ3) is 3.55. The Morgan fingerprint density at radius 3 is 2.62 bits per heavy atom. The van der Waals surface area contributed by atoms with Crippen LogP contribution in [0, 0.1) is 5.82 Å². The Labute approximate surface area is 145 Å². The maximum Gasteiger partial charge on any atom is 0.138 e. The molecule has 0 aliphatic heterocycles. The number of halogens is 1. The van der Waals surface area contributed by atoms with Crippen LogP contribution >= 0.6 is 11.3 Å². The van der Waals surface area contributed by atoms with E-state index in [1.807, 2.05) is 26.2 Å². The molecule has 3 aromatic rings. The minimum atomic E-state index is -0.216. The van der Waals surface area contributed by atoms with Gasteiger partial charge in [0.1, 0.15) is 22.8 Å². The second-order valence-corrected chi connectivity index (χ2v) is 7.03. The third-order valence-electron chi connectivity index (χ3n) is 4.07. The van der Waals surface area contributed by atoms with Gasteiger partial charge < -0.3 is 10.2 Å². The van der Waals surface area contributed by atoms with Gasteiger partial charge in [0.05, 0.1) is 11.4 Å². The van der Waals surface area contributed by atoms with Crippen LogP contribution in [0.15, 0.2) is 36.7 Å². The number of nitrogens with zero attached hydrogens (tertiary/aromatic N) is 3. The fourth-order valence-electron chi connectivity index (χ4n) is 2.70. The molecule has 0 spiro atoms. The first-order chi connectivity index (χ1) is 11.6. The van der Waals surface area contributed by atoms with Crippen molar-refractivity contribution in [2.45, 2.75) is 19.4 Å². The molecule has 0 amide bonds. The van der Waals surface area contributed by atoms with Crippen molar-refractivity contribution >= 4 is 27.4 Å². The first-order valence-electron chi connectivity index (χ1n) is 7.97. The Kier molecular flexibility index (Phi) is 5.06. The van der Waals surface area contributed by atoms with E-state index in [1.54, 1.807) is 17.7 Å². The van der Waals surface area contributed by atoms with Gasteiger partial charge >= 0.3 is 0 Å². The molecule has 1 atom stereocenters. The number of benzene rings is 1. The van der Waals surface area contributed by atoms with Gasteiger partial charge in [-0.25, -0.2) is 14.4 Å². The number of hydrogen-bond acceptors (Lipinski definition) is 5. The molecule has 3 rings (SSSR count). The van der Waals surface area contributed by atoms with Gasteiger partial charge in [0, 0.05) is 11.4 Å². The highest BCUT2D eigenvalue weighted by atomic mass is 32.1. The lowest BCUT2D eigenvalue weighted by molar-refractivity contribution is 0.311. The number of rotatable bonds is 6. The van der Waals surface area contributed by atoms with E-state index < -0.39 is 0 Å². The molecule has 1 unspecified atom stereocenters. The van der Waals surface area contributed by atoms with Gasteiger partial charge in [-0.05, 0) is 44.3 Å². The second-order valence-electron chi connectivity index (χ2n) is 5.92. The van der Waals surface area contributed by atoms with Gasteiger partial charge in [-0.2, -0.15) is 0 Å². The number of likely N-dealkylation sites (N-methyl/N-ethyl adjacent to an activating group) is 1. The number of aryl methyl sites for hydroxylation is 1. The second kappa shape index (κ2) is 7.23. The summed E-state index contributed by atoms with van der Waals surface area (Å²) >= 11 is 1.71. The van der Waals surface area contributed by atoms with E-state index in [9.17, 15) is 4.39 Å². The molecule has 2 aromatic heterocycles. The molecule has 0 aliphatic carbocycles. The van der Waals surface area contributed by atoms with Crippen LogP contribution in [0.1, 0.15) is 23.4 Å². The minimum absolute atomic E-state index is 0.125. The molecule has 0 saturated heterocycles. The van der Waals surface area contributed by atoms with Crippen molar-refractivity contribution in [1.82, 2.24) is 14.9 Å². The fraction of sp³-hybridized carbons (Fsp3) is 0.333. The molecule has 0 aliphatic rings. The van der Waals surface area contributed by atoms with E-state index >= 15 is 0 Å². The monoisotopic (exact) mass is 344 g/mol. The average Bonchev–Trinajstić information content (AvgIpc) is 3.00. The summed E-state index contributed by atoms with van der Waals surface area (Å²) in [6.07, 6.45) is 2.60. The zero-order valence-corrected chi connectivity index (χ0v) is 14.9. The first kappa shape index (κ1) is 16.8. The number of thiophene rings is 1. The lowest BCUT2D eigenvalue weighted by atomic mass is 10.1. The van der Waals surface area contributed by atoms with Crippen LogP contribution in [-0.2, 0) is 6.42 Å². The standard InChI is InChI=1S/C18H21FN4S/c1-4-14-9-15-17(21-11-22-18(15)24-14)20-10-16(23(2)3)12-5-7-13(19)8-6-12/h5-9,11,16H,4,10H2,1-3H3,(H,20,21,22). The van der Waals surface area contributed by atoms with Crippen molar-refractivity contribution in [1.29, 1.82) is 0 Å². The summed E-state index contributed by atoms with van der Waals surface area (Å²) < 4.78 is 13.2. The molecule has 126 valence electrons. The van der Waals surface area contributed by atoms with Gasteiger partial charge in [-0.15, -0.1) is 11.3 Å². The zero-order valence-electron chi connectivity index (χ0n) is 14.1. The highest BCUT2D eigenvalue weighted by Gasteiger charge is 2.15. The highest BCUT2D eigenvalue weighted by molar-refractivity contribution is 7.18. The Morgan fingerprint density at radius 1 is 1.21 bits per heavy atom. The Balaban J connectivity index is 1.82. The molecule has 1 N–H and O–H groups in total. The average molecular weight is 344 g/mol. The lowest BCUT2D eigenvalue weighted by Gasteiger charge is -2.25. The van der Waals surface area contributed by atoms with Crippen molar-refractivity contribution < 1.29 is 4.39 Å². The molecule has 0 fully saturated rings. The van der Waals surface area contributed by atoms with E-state index in [0.717, 1.165) is 28.0 Å². The summed E-state index contributed by atoms with van der Waals surface area (Å²) in [5.74, 6) is 0.636. The van der Waals surface area contributed by atoms with E-state index in [4.69, 9.17) is 0 Å². The van der Waals surface area contributed by atoms with Crippen LogP contribution in [0.3, 0.4) is 0 Å². The topological polar surface area (TPSA) is 41.0 Å². The van der Waals surface area contributed by atoms with Crippen molar-refractivity contribution in [2.24, 2.45) is 0 Å². The third-order valence-corrected chi connectivity index (χ3v) is 5.26. The maximum atomic E-state index is 13.2.